The van der Waals surface area contributed by atoms with Gasteiger partial charge in [-0.1, -0.05) is 32.0 Å². The summed E-state index contributed by atoms with van der Waals surface area (Å²) in [5, 5.41) is 2.86. The van der Waals surface area contributed by atoms with Crippen LogP contribution in [-0.4, -0.2) is 24.1 Å². The molecule has 0 aliphatic heterocycles. The molecule has 1 rings (SSSR count). The third-order valence-electron chi connectivity index (χ3n) is 3.45. The highest BCUT2D eigenvalue weighted by atomic mass is 16.5. The first-order valence-corrected chi connectivity index (χ1v) is 6.79. The first-order valence-electron chi connectivity index (χ1n) is 6.79. The van der Waals surface area contributed by atoms with Crippen molar-refractivity contribution in [1.82, 2.24) is 5.32 Å². The molecule has 1 amide bonds. The Morgan fingerprint density at radius 1 is 1.32 bits per heavy atom. The van der Waals surface area contributed by atoms with Gasteiger partial charge in [-0.2, -0.15) is 0 Å². The van der Waals surface area contributed by atoms with Crippen molar-refractivity contribution in [3.05, 3.63) is 30.3 Å². The summed E-state index contributed by atoms with van der Waals surface area (Å²) >= 11 is 0. The maximum Gasteiger partial charge on any atom is 0.260 e. The predicted molar refractivity (Wildman–Crippen MR) is 77.0 cm³/mol. The molecule has 4 nitrogen and oxygen atoms in total. The number of benzene rings is 1. The predicted octanol–water partition coefficient (Wildman–Crippen LogP) is 2.09. The molecule has 0 aliphatic rings. The van der Waals surface area contributed by atoms with Crippen LogP contribution in [0.15, 0.2) is 30.3 Å². The Morgan fingerprint density at radius 3 is 2.42 bits per heavy atom. The molecule has 0 saturated heterocycles. The van der Waals surface area contributed by atoms with Crippen LogP contribution in [0.3, 0.4) is 0 Å². The van der Waals surface area contributed by atoms with Crippen molar-refractivity contribution in [3.63, 3.8) is 0 Å². The van der Waals surface area contributed by atoms with Crippen LogP contribution in [0.4, 0.5) is 0 Å². The molecule has 1 unspecified atom stereocenters. The van der Waals surface area contributed by atoms with Crippen molar-refractivity contribution in [2.24, 2.45) is 5.73 Å². The molecule has 0 heterocycles. The van der Waals surface area contributed by atoms with Gasteiger partial charge in [0, 0.05) is 12.1 Å². The van der Waals surface area contributed by atoms with Crippen LogP contribution in [0.5, 0.6) is 5.75 Å². The van der Waals surface area contributed by atoms with Gasteiger partial charge < -0.3 is 15.8 Å². The lowest BCUT2D eigenvalue weighted by molar-refractivity contribution is -0.127. The van der Waals surface area contributed by atoms with Crippen molar-refractivity contribution < 1.29 is 9.53 Å². The van der Waals surface area contributed by atoms with Crippen molar-refractivity contribution in [2.75, 3.05) is 6.54 Å². The number of nitrogens with two attached hydrogens (primary N) is 1. The van der Waals surface area contributed by atoms with E-state index < -0.39 is 6.10 Å². The Bertz CT molecular complexity index is 388. The zero-order chi connectivity index (χ0) is 14.3. The normalized spacial score (nSPS) is 12.8. The van der Waals surface area contributed by atoms with E-state index in [4.69, 9.17) is 10.5 Å². The molecule has 0 saturated carbocycles. The lowest BCUT2D eigenvalue weighted by Gasteiger charge is -2.27. The second-order valence-electron chi connectivity index (χ2n) is 4.86. The maximum absolute atomic E-state index is 11.9. The number of para-hydroxylation sites is 1. The van der Waals surface area contributed by atoms with E-state index in [1.807, 2.05) is 44.2 Å². The van der Waals surface area contributed by atoms with E-state index in [0.717, 1.165) is 12.8 Å². The Kier molecular flexibility index (Phi) is 5.83. The van der Waals surface area contributed by atoms with Gasteiger partial charge in [0.25, 0.3) is 5.91 Å². The molecule has 3 N–H and O–H groups in total. The number of hydrogen-bond donors (Lipinski definition) is 2. The first-order chi connectivity index (χ1) is 9.00. The number of ether oxygens (including phenoxy) is 1. The number of carbonyl (C=O) groups excluding carboxylic acids is 1. The molecule has 0 fully saturated rings. The zero-order valence-corrected chi connectivity index (χ0v) is 12.0. The van der Waals surface area contributed by atoms with Gasteiger partial charge in [-0.25, -0.2) is 0 Å². The fourth-order valence-corrected chi connectivity index (χ4v) is 1.66. The number of nitrogens with one attached hydrogen (secondary N) is 1. The van der Waals surface area contributed by atoms with E-state index in [-0.39, 0.29) is 11.4 Å². The third-order valence-corrected chi connectivity index (χ3v) is 3.45. The quantitative estimate of drug-likeness (QED) is 0.792. The molecular formula is C15H24N2O2. The van der Waals surface area contributed by atoms with Gasteiger partial charge in [-0.3, -0.25) is 4.79 Å². The Hall–Kier alpha value is -1.55. The lowest BCUT2D eigenvalue weighted by atomic mass is 9.94. The molecule has 0 aliphatic carbocycles. The van der Waals surface area contributed by atoms with Gasteiger partial charge in [0.15, 0.2) is 6.10 Å². The van der Waals surface area contributed by atoms with Crippen LogP contribution < -0.4 is 15.8 Å². The van der Waals surface area contributed by atoms with Crippen molar-refractivity contribution >= 4 is 5.91 Å². The average Bonchev–Trinajstić information content (AvgIpc) is 2.45. The fourth-order valence-electron chi connectivity index (χ4n) is 1.66. The minimum absolute atomic E-state index is 0.138. The van der Waals surface area contributed by atoms with E-state index in [1.54, 1.807) is 6.92 Å². The van der Waals surface area contributed by atoms with Gasteiger partial charge in [-0.05, 0) is 31.9 Å². The highest BCUT2D eigenvalue weighted by Gasteiger charge is 2.23. The molecular weight excluding hydrogens is 240 g/mol. The van der Waals surface area contributed by atoms with Gasteiger partial charge in [0.2, 0.25) is 0 Å². The summed E-state index contributed by atoms with van der Waals surface area (Å²) in [4.78, 5) is 11.9. The summed E-state index contributed by atoms with van der Waals surface area (Å²) in [7, 11) is 0. The summed E-state index contributed by atoms with van der Waals surface area (Å²) in [6, 6.07) is 9.31. The van der Waals surface area contributed by atoms with E-state index in [9.17, 15) is 4.79 Å². The smallest absolute Gasteiger partial charge is 0.260 e. The Balaban J connectivity index is 2.45. The lowest BCUT2D eigenvalue weighted by Crippen LogP contribution is -2.51. The topological polar surface area (TPSA) is 64.3 Å². The minimum Gasteiger partial charge on any atom is -0.481 e. The number of amides is 1. The van der Waals surface area contributed by atoms with Gasteiger partial charge in [0.05, 0.1) is 0 Å². The van der Waals surface area contributed by atoms with Crippen LogP contribution in [0, 0.1) is 0 Å². The fraction of sp³-hybridized carbons (Fsp3) is 0.533. The molecule has 106 valence electrons. The second kappa shape index (κ2) is 7.14. The summed E-state index contributed by atoms with van der Waals surface area (Å²) in [6.07, 6.45) is 1.13. The van der Waals surface area contributed by atoms with Crippen LogP contribution in [-0.2, 0) is 4.79 Å². The number of rotatable bonds is 7. The van der Waals surface area contributed by atoms with Crippen molar-refractivity contribution in [3.8, 4) is 5.75 Å². The maximum atomic E-state index is 11.9. The molecule has 0 spiro atoms. The highest BCUT2D eigenvalue weighted by Crippen LogP contribution is 2.12. The van der Waals surface area contributed by atoms with Gasteiger partial charge >= 0.3 is 0 Å². The number of carbonyl (C=O) groups is 1. The molecule has 0 aromatic heterocycles. The average molecular weight is 264 g/mol. The molecule has 19 heavy (non-hydrogen) atoms. The third kappa shape index (κ3) is 4.91. The summed E-state index contributed by atoms with van der Waals surface area (Å²) in [6.45, 7) is 6.26. The second-order valence-corrected chi connectivity index (χ2v) is 4.86. The Morgan fingerprint density at radius 2 is 1.89 bits per heavy atom. The van der Waals surface area contributed by atoms with Crippen LogP contribution in [0.2, 0.25) is 0 Å². The molecule has 0 radical (unpaired) electrons. The first kappa shape index (κ1) is 15.5. The van der Waals surface area contributed by atoms with E-state index in [2.05, 4.69) is 5.32 Å². The summed E-state index contributed by atoms with van der Waals surface area (Å²) < 4.78 is 5.56. The van der Waals surface area contributed by atoms with Crippen molar-refractivity contribution in [1.29, 1.82) is 0 Å². The van der Waals surface area contributed by atoms with Crippen molar-refractivity contribution in [2.45, 2.75) is 45.3 Å². The van der Waals surface area contributed by atoms with Crippen LogP contribution in [0.1, 0.15) is 33.6 Å². The van der Waals surface area contributed by atoms with Gasteiger partial charge in [-0.15, -0.1) is 0 Å². The van der Waals surface area contributed by atoms with Crippen LogP contribution >= 0.6 is 0 Å². The minimum atomic E-state index is -0.527. The van der Waals surface area contributed by atoms with Crippen LogP contribution in [0.25, 0.3) is 0 Å². The molecule has 1 aromatic carbocycles. The zero-order valence-electron chi connectivity index (χ0n) is 12.0. The van der Waals surface area contributed by atoms with E-state index >= 15 is 0 Å². The standard InChI is InChI=1S/C15H24N2O2/c1-4-15(16,5-2)11-17-14(18)12(3)19-13-9-7-6-8-10-13/h6-10,12H,4-5,11,16H2,1-3H3,(H,17,18). The SMILES string of the molecule is CCC(N)(CC)CNC(=O)C(C)Oc1ccccc1. The molecule has 1 aromatic rings. The number of hydrogen-bond acceptors (Lipinski definition) is 3. The Labute approximate surface area is 115 Å². The highest BCUT2D eigenvalue weighted by molar-refractivity contribution is 5.80. The molecule has 4 heteroatoms. The van der Waals surface area contributed by atoms with Gasteiger partial charge in [0.1, 0.15) is 5.75 Å². The summed E-state index contributed by atoms with van der Waals surface area (Å²) in [5.41, 5.74) is 5.81. The molecule has 0 bridgehead atoms. The monoisotopic (exact) mass is 264 g/mol. The van der Waals surface area contributed by atoms with E-state index in [1.165, 1.54) is 0 Å². The van der Waals surface area contributed by atoms with E-state index in [0.29, 0.717) is 12.3 Å². The summed E-state index contributed by atoms with van der Waals surface area (Å²) in [5.74, 6) is 0.552. The largest absolute Gasteiger partial charge is 0.481 e. The molecule has 1 atom stereocenters.